The van der Waals surface area contributed by atoms with E-state index in [4.69, 9.17) is 4.42 Å². The van der Waals surface area contributed by atoms with Crippen molar-refractivity contribution in [1.29, 1.82) is 0 Å². The second kappa shape index (κ2) is 12.4. The molecule has 0 aliphatic carbocycles. The number of anilines is 1. The summed E-state index contributed by atoms with van der Waals surface area (Å²) in [6.07, 6.45) is 13.6. The average molecular weight is 389 g/mol. The van der Waals surface area contributed by atoms with Crippen molar-refractivity contribution in [2.45, 2.75) is 97.4 Å². The van der Waals surface area contributed by atoms with Gasteiger partial charge in [0.05, 0.1) is 5.52 Å². The van der Waals surface area contributed by atoms with E-state index in [1.807, 2.05) is 6.07 Å². The predicted octanol–water partition coefficient (Wildman–Crippen LogP) is 6.25. The van der Waals surface area contributed by atoms with Crippen molar-refractivity contribution in [3.8, 4) is 0 Å². The minimum absolute atomic E-state index is 0.0354. The quantitative estimate of drug-likeness (QED) is 0.389. The summed E-state index contributed by atoms with van der Waals surface area (Å²) in [5.74, 6) is -0.296. The molecule has 5 nitrogen and oxygen atoms in total. The fourth-order valence-electron chi connectivity index (χ4n) is 3.49. The van der Waals surface area contributed by atoms with Crippen molar-refractivity contribution in [3.05, 3.63) is 28.7 Å². The second-order valence-electron chi connectivity index (χ2n) is 7.68. The molecule has 0 spiro atoms. The number of benzene rings is 1. The van der Waals surface area contributed by atoms with Crippen molar-refractivity contribution < 1.29 is 9.21 Å². The number of carbonyl (C=O) groups excluding carboxylic acids is 1. The zero-order valence-corrected chi connectivity index (χ0v) is 17.6. The second-order valence-corrected chi connectivity index (χ2v) is 7.68. The number of aromatic nitrogens is 1. The van der Waals surface area contributed by atoms with Crippen LogP contribution in [0.5, 0.6) is 0 Å². The van der Waals surface area contributed by atoms with Crippen molar-refractivity contribution in [2.24, 2.45) is 0 Å². The fourth-order valence-corrected chi connectivity index (χ4v) is 3.49. The average Bonchev–Trinajstić information content (AvgIpc) is 2.99. The van der Waals surface area contributed by atoms with Crippen molar-refractivity contribution >= 4 is 22.7 Å². The minimum Gasteiger partial charge on any atom is -0.408 e. The molecule has 0 atom stereocenters. The van der Waals surface area contributed by atoms with Crippen LogP contribution in [-0.4, -0.2) is 10.5 Å². The molecular formula is C23H36N2O3. The summed E-state index contributed by atoms with van der Waals surface area (Å²) in [6.45, 7) is 4.97. The monoisotopic (exact) mass is 388 g/mol. The number of oxazole rings is 1. The van der Waals surface area contributed by atoms with E-state index >= 15 is 0 Å². The maximum Gasteiger partial charge on any atom is 0.419 e. The summed E-state index contributed by atoms with van der Waals surface area (Å²) < 4.78 is 6.93. The normalized spacial score (nSPS) is 11.2. The zero-order valence-electron chi connectivity index (χ0n) is 17.6. The number of fused-ring (bicyclic) bond motifs is 1. The lowest BCUT2D eigenvalue weighted by Crippen LogP contribution is -2.14. The Kier molecular flexibility index (Phi) is 9.87. The van der Waals surface area contributed by atoms with Gasteiger partial charge in [0.1, 0.15) is 0 Å². The van der Waals surface area contributed by atoms with Crippen molar-refractivity contribution in [3.63, 3.8) is 0 Å². The molecule has 2 aromatic rings. The molecule has 0 bridgehead atoms. The molecule has 1 N–H and O–H groups in total. The summed E-state index contributed by atoms with van der Waals surface area (Å²) in [4.78, 5) is 24.2. The third-order valence-corrected chi connectivity index (χ3v) is 5.19. The summed E-state index contributed by atoms with van der Waals surface area (Å²) >= 11 is 0. The molecule has 156 valence electrons. The Balaban J connectivity index is 1.74. The van der Waals surface area contributed by atoms with E-state index < -0.39 is 0 Å². The van der Waals surface area contributed by atoms with Gasteiger partial charge in [0.25, 0.3) is 0 Å². The smallest absolute Gasteiger partial charge is 0.408 e. The maximum atomic E-state index is 12.2. The van der Waals surface area contributed by atoms with E-state index in [0.717, 1.165) is 36.9 Å². The van der Waals surface area contributed by atoms with E-state index in [1.165, 1.54) is 44.9 Å². The lowest BCUT2D eigenvalue weighted by Gasteiger charge is -2.06. The predicted molar refractivity (Wildman–Crippen MR) is 116 cm³/mol. The molecule has 5 heteroatoms. The number of carbonyl (C=O) groups is 1. The van der Waals surface area contributed by atoms with E-state index in [1.54, 1.807) is 16.7 Å². The van der Waals surface area contributed by atoms with Crippen LogP contribution in [0.1, 0.15) is 90.9 Å². The highest BCUT2D eigenvalue weighted by molar-refractivity contribution is 5.92. The van der Waals surface area contributed by atoms with Crippen LogP contribution in [0.25, 0.3) is 11.1 Å². The third-order valence-electron chi connectivity index (χ3n) is 5.19. The van der Waals surface area contributed by atoms with Gasteiger partial charge in [-0.25, -0.2) is 4.79 Å². The summed E-state index contributed by atoms with van der Waals surface area (Å²) in [5, 5.41) is 2.96. The van der Waals surface area contributed by atoms with E-state index in [-0.39, 0.29) is 11.7 Å². The molecule has 1 amide bonds. The van der Waals surface area contributed by atoms with Crippen LogP contribution in [0.4, 0.5) is 5.69 Å². The van der Waals surface area contributed by atoms with Crippen LogP contribution >= 0.6 is 0 Å². The topological polar surface area (TPSA) is 64.2 Å². The van der Waals surface area contributed by atoms with Gasteiger partial charge in [0.15, 0.2) is 5.58 Å². The highest BCUT2D eigenvalue weighted by Gasteiger charge is 2.10. The van der Waals surface area contributed by atoms with E-state index in [9.17, 15) is 9.59 Å². The Morgan fingerprint density at radius 1 is 0.929 bits per heavy atom. The largest absolute Gasteiger partial charge is 0.419 e. The van der Waals surface area contributed by atoms with Crippen LogP contribution < -0.4 is 11.1 Å². The third kappa shape index (κ3) is 7.17. The first kappa shape index (κ1) is 22.3. The van der Waals surface area contributed by atoms with Gasteiger partial charge in [0, 0.05) is 18.7 Å². The van der Waals surface area contributed by atoms with Gasteiger partial charge in [-0.05, 0) is 31.0 Å². The number of amides is 1. The van der Waals surface area contributed by atoms with Crippen molar-refractivity contribution in [2.75, 3.05) is 5.32 Å². The number of unbranched alkanes of at least 4 members (excludes halogenated alkanes) is 9. The molecule has 0 aliphatic rings. The van der Waals surface area contributed by atoms with Gasteiger partial charge in [-0.1, -0.05) is 71.6 Å². The standard InChI is InChI=1S/C23H36N2O3/c1-3-5-7-8-9-10-11-12-13-14-22(26)24-19-15-16-21-20(18-19)25(17-6-4-2)23(27)28-21/h15-16,18H,3-14,17H2,1-2H3,(H,24,26). The Morgan fingerprint density at radius 2 is 1.57 bits per heavy atom. The molecule has 1 heterocycles. The molecule has 28 heavy (non-hydrogen) atoms. The molecule has 0 saturated carbocycles. The first-order valence-corrected chi connectivity index (χ1v) is 11.1. The molecule has 2 rings (SSSR count). The van der Waals surface area contributed by atoms with Crippen LogP contribution in [0.15, 0.2) is 27.4 Å². The Morgan fingerprint density at radius 3 is 2.25 bits per heavy atom. The first-order valence-electron chi connectivity index (χ1n) is 11.1. The Hall–Kier alpha value is -2.04. The lowest BCUT2D eigenvalue weighted by atomic mass is 10.1. The molecule has 1 aromatic heterocycles. The van der Waals surface area contributed by atoms with Crippen LogP contribution in [0.3, 0.4) is 0 Å². The maximum absolute atomic E-state index is 12.2. The first-order chi connectivity index (χ1) is 13.7. The van der Waals surface area contributed by atoms with E-state index in [0.29, 0.717) is 18.5 Å². The Labute approximate surface area is 168 Å². The lowest BCUT2D eigenvalue weighted by molar-refractivity contribution is -0.116. The Bertz CT molecular complexity index is 776. The molecule has 0 unspecified atom stereocenters. The van der Waals surface area contributed by atoms with Gasteiger partial charge in [-0.15, -0.1) is 0 Å². The number of nitrogens with one attached hydrogen (secondary N) is 1. The highest BCUT2D eigenvalue weighted by atomic mass is 16.4. The van der Waals surface area contributed by atoms with Gasteiger partial charge in [-0.2, -0.15) is 0 Å². The molecule has 0 saturated heterocycles. The molecule has 0 radical (unpaired) electrons. The minimum atomic E-state index is -0.332. The summed E-state index contributed by atoms with van der Waals surface area (Å²) in [6, 6.07) is 5.39. The number of hydrogen-bond acceptors (Lipinski definition) is 3. The van der Waals surface area contributed by atoms with Gasteiger partial charge >= 0.3 is 5.76 Å². The van der Waals surface area contributed by atoms with Gasteiger partial charge in [0.2, 0.25) is 5.91 Å². The molecule has 0 aliphatic heterocycles. The SMILES string of the molecule is CCCCCCCCCCCC(=O)Nc1ccc2oc(=O)n(CCCC)c2c1. The van der Waals surface area contributed by atoms with Crippen LogP contribution in [0.2, 0.25) is 0 Å². The highest BCUT2D eigenvalue weighted by Crippen LogP contribution is 2.19. The fraction of sp³-hybridized carbons (Fsp3) is 0.652. The summed E-state index contributed by atoms with van der Waals surface area (Å²) in [7, 11) is 0. The van der Waals surface area contributed by atoms with Crippen LogP contribution in [0, 0.1) is 0 Å². The molecule has 1 aromatic carbocycles. The molecular weight excluding hydrogens is 352 g/mol. The number of aryl methyl sites for hydroxylation is 1. The van der Waals surface area contributed by atoms with E-state index in [2.05, 4.69) is 19.2 Å². The van der Waals surface area contributed by atoms with Gasteiger partial charge in [-0.3, -0.25) is 9.36 Å². The number of nitrogens with zero attached hydrogens (tertiary/aromatic N) is 1. The van der Waals surface area contributed by atoms with Crippen LogP contribution in [-0.2, 0) is 11.3 Å². The number of rotatable bonds is 14. The summed E-state index contributed by atoms with van der Waals surface area (Å²) in [5.41, 5.74) is 2.04. The molecule has 0 fully saturated rings. The van der Waals surface area contributed by atoms with Gasteiger partial charge < -0.3 is 9.73 Å². The number of hydrogen-bond donors (Lipinski definition) is 1. The van der Waals surface area contributed by atoms with Crippen molar-refractivity contribution in [1.82, 2.24) is 4.57 Å². The zero-order chi connectivity index (χ0) is 20.2.